The smallest absolute Gasteiger partial charge is 0.229 e. The highest BCUT2D eigenvalue weighted by molar-refractivity contribution is 5.96. The fourth-order valence-corrected chi connectivity index (χ4v) is 3.97. The number of anilines is 1. The summed E-state index contributed by atoms with van der Waals surface area (Å²) in [7, 11) is 0. The molecule has 0 atom stereocenters. The Morgan fingerprint density at radius 2 is 1.78 bits per heavy atom. The molecule has 0 aliphatic carbocycles. The van der Waals surface area contributed by atoms with Crippen molar-refractivity contribution in [1.82, 2.24) is 40.1 Å². The molecule has 0 unspecified atom stereocenters. The van der Waals surface area contributed by atoms with Crippen LogP contribution < -0.4 is 5.32 Å². The molecule has 182 valence electrons. The summed E-state index contributed by atoms with van der Waals surface area (Å²) in [5, 5.41) is 10.4. The summed E-state index contributed by atoms with van der Waals surface area (Å²) >= 11 is 0. The predicted octanol–water partition coefficient (Wildman–Crippen LogP) is 5.00. The van der Waals surface area contributed by atoms with Crippen LogP contribution in [0.15, 0.2) is 67.4 Å². The SMILES string of the molecule is CC(C)(C)C(=O)Nc1cncc(-c2ccc3[nH]nc(-c4nc5c(-c6cccnc6)ccnc5[nH]4)c3n2)c1. The van der Waals surface area contributed by atoms with Gasteiger partial charge in [0.25, 0.3) is 0 Å². The van der Waals surface area contributed by atoms with Crippen LogP contribution in [0, 0.1) is 5.41 Å². The quantitative estimate of drug-likeness (QED) is 0.317. The molecule has 10 heteroatoms. The largest absolute Gasteiger partial charge is 0.324 e. The summed E-state index contributed by atoms with van der Waals surface area (Å²) < 4.78 is 0. The standard InChI is InChI=1S/C27H23N9O/c1-27(2,3)26(37)31-17-11-16(13-29-14-17)19-6-7-20-22(32-19)23(36-35-20)25-33-21-18(8-10-30-24(21)34-25)15-5-4-9-28-12-15/h4-14H,1-3H3,(H,31,37)(H,35,36)(H,30,33,34). The van der Waals surface area contributed by atoms with Gasteiger partial charge in [-0.25, -0.2) is 15.0 Å². The van der Waals surface area contributed by atoms with E-state index in [4.69, 9.17) is 9.97 Å². The van der Waals surface area contributed by atoms with E-state index in [0.717, 1.165) is 27.7 Å². The van der Waals surface area contributed by atoms with Crippen LogP contribution in [0.3, 0.4) is 0 Å². The lowest BCUT2D eigenvalue weighted by Gasteiger charge is -2.17. The van der Waals surface area contributed by atoms with Crippen LogP contribution in [0.2, 0.25) is 0 Å². The highest BCUT2D eigenvalue weighted by atomic mass is 16.2. The number of H-pyrrole nitrogens is 2. The number of carbonyl (C=O) groups excluding carboxylic acids is 1. The van der Waals surface area contributed by atoms with Crippen molar-refractivity contribution in [1.29, 1.82) is 0 Å². The lowest BCUT2D eigenvalue weighted by atomic mass is 9.95. The van der Waals surface area contributed by atoms with Gasteiger partial charge in [-0.2, -0.15) is 5.10 Å². The van der Waals surface area contributed by atoms with Crippen LogP contribution in [-0.2, 0) is 4.79 Å². The molecule has 0 fully saturated rings. The van der Waals surface area contributed by atoms with Crippen molar-refractivity contribution in [2.75, 3.05) is 5.32 Å². The summed E-state index contributed by atoms with van der Waals surface area (Å²) in [5.74, 6) is 0.468. The van der Waals surface area contributed by atoms with Crippen LogP contribution in [0.4, 0.5) is 5.69 Å². The molecule has 0 aromatic carbocycles. The molecular weight excluding hydrogens is 466 g/mol. The second-order valence-corrected chi connectivity index (χ2v) is 9.71. The van der Waals surface area contributed by atoms with Gasteiger partial charge >= 0.3 is 0 Å². The molecule has 37 heavy (non-hydrogen) atoms. The Bertz CT molecular complexity index is 1760. The zero-order chi connectivity index (χ0) is 25.6. The number of carbonyl (C=O) groups is 1. The molecule has 0 radical (unpaired) electrons. The van der Waals surface area contributed by atoms with E-state index in [9.17, 15) is 4.79 Å². The van der Waals surface area contributed by atoms with Crippen molar-refractivity contribution in [2.24, 2.45) is 5.41 Å². The van der Waals surface area contributed by atoms with Gasteiger partial charge in [-0.15, -0.1) is 0 Å². The Kier molecular flexibility index (Phi) is 5.22. The van der Waals surface area contributed by atoms with E-state index < -0.39 is 5.41 Å². The number of pyridine rings is 4. The number of imidazole rings is 1. The van der Waals surface area contributed by atoms with E-state index in [1.54, 1.807) is 31.0 Å². The van der Waals surface area contributed by atoms with Gasteiger partial charge in [0, 0.05) is 46.9 Å². The zero-order valence-corrected chi connectivity index (χ0v) is 20.4. The topological polar surface area (TPSA) is 138 Å². The average molecular weight is 490 g/mol. The third-order valence-electron chi connectivity index (χ3n) is 5.96. The molecule has 1 amide bonds. The van der Waals surface area contributed by atoms with E-state index in [-0.39, 0.29) is 5.91 Å². The van der Waals surface area contributed by atoms with Crippen LogP contribution in [-0.4, -0.2) is 46.0 Å². The number of aromatic amines is 2. The monoisotopic (exact) mass is 489 g/mol. The molecule has 0 saturated heterocycles. The van der Waals surface area contributed by atoms with Crippen molar-refractivity contribution >= 4 is 33.8 Å². The lowest BCUT2D eigenvalue weighted by molar-refractivity contribution is -0.123. The number of nitrogens with zero attached hydrogens (tertiary/aromatic N) is 6. The number of aromatic nitrogens is 8. The predicted molar refractivity (Wildman–Crippen MR) is 141 cm³/mol. The molecule has 6 heterocycles. The molecule has 6 rings (SSSR count). The number of hydrogen-bond acceptors (Lipinski definition) is 7. The van der Waals surface area contributed by atoms with Crippen molar-refractivity contribution in [3.8, 4) is 33.9 Å². The van der Waals surface area contributed by atoms with E-state index in [1.165, 1.54) is 0 Å². The van der Waals surface area contributed by atoms with Gasteiger partial charge in [0.2, 0.25) is 5.91 Å². The summed E-state index contributed by atoms with van der Waals surface area (Å²) in [6.45, 7) is 5.59. The summed E-state index contributed by atoms with van der Waals surface area (Å²) in [6.07, 6.45) is 8.61. The Morgan fingerprint density at radius 3 is 2.59 bits per heavy atom. The van der Waals surface area contributed by atoms with E-state index in [0.29, 0.717) is 34.1 Å². The van der Waals surface area contributed by atoms with Crippen LogP contribution in [0.1, 0.15) is 20.8 Å². The van der Waals surface area contributed by atoms with E-state index in [1.807, 2.05) is 57.2 Å². The first kappa shape index (κ1) is 22.5. The maximum atomic E-state index is 12.4. The third-order valence-corrected chi connectivity index (χ3v) is 5.96. The van der Waals surface area contributed by atoms with Crippen molar-refractivity contribution in [3.63, 3.8) is 0 Å². The highest BCUT2D eigenvalue weighted by Gasteiger charge is 2.22. The maximum Gasteiger partial charge on any atom is 0.229 e. The summed E-state index contributed by atoms with van der Waals surface area (Å²) in [5.41, 5.74) is 6.81. The first-order valence-corrected chi connectivity index (χ1v) is 11.7. The summed E-state index contributed by atoms with van der Waals surface area (Å²) in [6, 6.07) is 11.4. The van der Waals surface area contributed by atoms with Gasteiger partial charge in [-0.1, -0.05) is 26.8 Å². The first-order chi connectivity index (χ1) is 17.9. The van der Waals surface area contributed by atoms with Crippen LogP contribution in [0.5, 0.6) is 0 Å². The molecule has 10 nitrogen and oxygen atoms in total. The minimum absolute atomic E-state index is 0.0869. The van der Waals surface area contributed by atoms with Gasteiger partial charge in [0.15, 0.2) is 17.2 Å². The Labute approximate surface area is 211 Å². The average Bonchev–Trinajstić information content (AvgIpc) is 3.52. The van der Waals surface area contributed by atoms with Crippen molar-refractivity contribution in [2.45, 2.75) is 20.8 Å². The van der Waals surface area contributed by atoms with Crippen molar-refractivity contribution in [3.05, 3.63) is 67.4 Å². The minimum Gasteiger partial charge on any atom is -0.324 e. The number of fused-ring (bicyclic) bond motifs is 2. The Balaban J connectivity index is 1.40. The Morgan fingerprint density at radius 1 is 0.919 bits per heavy atom. The molecule has 0 bridgehead atoms. The molecular formula is C27H23N9O. The van der Waals surface area contributed by atoms with Crippen LogP contribution in [0.25, 0.3) is 56.1 Å². The van der Waals surface area contributed by atoms with Gasteiger partial charge in [-0.3, -0.25) is 19.9 Å². The zero-order valence-electron chi connectivity index (χ0n) is 20.4. The number of rotatable bonds is 4. The normalized spacial score (nSPS) is 11.8. The second kappa shape index (κ2) is 8.59. The molecule has 6 aromatic heterocycles. The number of nitrogens with one attached hydrogen (secondary N) is 3. The molecule has 0 saturated carbocycles. The minimum atomic E-state index is -0.517. The number of amides is 1. The number of hydrogen-bond donors (Lipinski definition) is 3. The summed E-state index contributed by atoms with van der Waals surface area (Å²) in [4.78, 5) is 38.4. The Hall–Kier alpha value is -4.99. The second-order valence-electron chi connectivity index (χ2n) is 9.71. The van der Waals surface area contributed by atoms with E-state index in [2.05, 4.69) is 35.5 Å². The molecule has 0 aliphatic heterocycles. The van der Waals surface area contributed by atoms with Gasteiger partial charge in [0.1, 0.15) is 11.0 Å². The van der Waals surface area contributed by atoms with E-state index >= 15 is 0 Å². The van der Waals surface area contributed by atoms with Crippen LogP contribution >= 0.6 is 0 Å². The van der Waals surface area contributed by atoms with Gasteiger partial charge in [-0.05, 0) is 30.3 Å². The lowest BCUT2D eigenvalue weighted by Crippen LogP contribution is -2.27. The molecule has 3 N–H and O–H groups in total. The highest BCUT2D eigenvalue weighted by Crippen LogP contribution is 2.31. The molecule has 6 aromatic rings. The fraction of sp³-hybridized carbons (Fsp3) is 0.148. The third kappa shape index (κ3) is 4.18. The maximum absolute atomic E-state index is 12.4. The molecule has 0 aliphatic rings. The fourth-order valence-electron chi connectivity index (χ4n) is 3.97. The van der Waals surface area contributed by atoms with Gasteiger partial charge < -0.3 is 10.3 Å². The van der Waals surface area contributed by atoms with Gasteiger partial charge in [0.05, 0.1) is 23.1 Å². The first-order valence-electron chi connectivity index (χ1n) is 11.7. The van der Waals surface area contributed by atoms with Crippen molar-refractivity contribution < 1.29 is 4.79 Å². The molecule has 0 spiro atoms.